The van der Waals surface area contributed by atoms with Crippen molar-refractivity contribution >= 4 is 5.97 Å². The van der Waals surface area contributed by atoms with Crippen molar-refractivity contribution in [3.63, 3.8) is 0 Å². The number of hydrogen-bond acceptors (Lipinski definition) is 4. The van der Waals surface area contributed by atoms with E-state index in [4.69, 9.17) is 0 Å². The first kappa shape index (κ1) is 13.5. The van der Waals surface area contributed by atoms with Gasteiger partial charge in [0.15, 0.2) is 0 Å². The lowest BCUT2D eigenvalue weighted by Gasteiger charge is -2.20. The van der Waals surface area contributed by atoms with Gasteiger partial charge < -0.3 is 9.84 Å². The minimum atomic E-state index is -0.256. The fourth-order valence-electron chi connectivity index (χ4n) is 1.66. The molecule has 1 aromatic carbocycles. The molecule has 0 amide bonds. The van der Waals surface area contributed by atoms with Crippen LogP contribution in [0.2, 0.25) is 0 Å². The van der Waals surface area contributed by atoms with E-state index in [0.717, 1.165) is 18.5 Å². The van der Waals surface area contributed by atoms with Crippen molar-refractivity contribution < 1.29 is 14.6 Å². The molecule has 1 rings (SSSR count). The number of carbonyl (C=O) groups is 1. The van der Waals surface area contributed by atoms with Gasteiger partial charge in [-0.1, -0.05) is 25.1 Å². The second kappa shape index (κ2) is 6.91. The van der Waals surface area contributed by atoms with Crippen molar-refractivity contribution in [2.24, 2.45) is 0 Å². The van der Waals surface area contributed by atoms with Crippen molar-refractivity contribution in [1.82, 2.24) is 4.90 Å². The summed E-state index contributed by atoms with van der Waals surface area (Å²) in [5.74, 6) is 0.00680. The van der Waals surface area contributed by atoms with Gasteiger partial charge in [-0.05, 0) is 19.0 Å². The molecular weight excluding hydrogens is 218 g/mol. The molecule has 0 aliphatic rings. The van der Waals surface area contributed by atoms with Crippen LogP contribution >= 0.6 is 0 Å². The van der Waals surface area contributed by atoms with Gasteiger partial charge in [0, 0.05) is 12.1 Å². The Morgan fingerprint density at radius 1 is 1.41 bits per heavy atom. The van der Waals surface area contributed by atoms with Gasteiger partial charge in [-0.2, -0.15) is 0 Å². The Hall–Kier alpha value is -1.55. The Labute approximate surface area is 102 Å². The minimum Gasteiger partial charge on any atom is -0.508 e. The van der Waals surface area contributed by atoms with Crippen LogP contribution in [0.5, 0.6) is 5.75 Å². The predicted molar refractivity (Wildman–Crippen MR) is 65.7 cm³/mol. The molecular formula is C13H19NO3. The molecule has 0 heterocycles. The Morgan fingerprint density at radius 3 is 2.71 bits per heavy atom. The molecule has 0 saturated heterocycles. The number of para-hydroxylation sites is 1. The molecule has 0 bridgehead atoms. The topological polar surface area (TPSA) is 49.8 Å². The first-order chi connectivity index (χ1) is 8.17. The molecule has 0 radical (unpaired) electrons. The molecule has 0 unspecified atom stereocenters. The molecule has 0 aromatic heterocycles. The quantitative estimate of drug-likeness (QED) is 0.766. The van der Waals surface area contributed by atoms with Crippen molar-refractivity contribution in [2.75, 3.05) is 20.2 Å². The summed E-state index contributed by atoms with van der Waals surface area (Å²) in [6, 6.07) is 7.16. The van der Waals surface area contributed by atoms with E-state index in [1.165, 1.54) is 7.11 Å². The van der Waals surface area contributed by atoms with Gasteiger partial charge in [-0.15, -0.1) is 0 Å². The van der Waals surface area contributed by atoms with Crippen LogP contribution < -0.4 is 0 Å². The van der Waals surface area contributed by atoms with Crippen LogP contribution in [-0.2, 0) is 16.1 Å². The molecule has 17 heavy (non-hydrogen) atoms. The number of phenols is 1. The minimum absolute atomic E-state index is 0.249. The maximum absolute atomic E-state index is 11.2. The first-order valence-corrected chi connectivity index (χ1v) is 5.73. The Kier molecular flexibility index (Phi) is 5.49. The monoisotopic (exact) mass is 237 g/mol. The number of esters is 1. The highest BCUT2D eigenvalue weighted by Crippen LogP contribution is 2.17. The summed E-state index contributed by atoms with van der Waals surface area (Å²) in [4.78, 5) is 13.2. The van der Waals surface area contributed by atoms with E-state index < -0.39 is 0 Å². The van der Waals surface area contributed by atoms with Crippen LogP contribution in [0.25, 0.3) is 0 Å². The highest BCUT2D eigenvalue weighted by molar-refractivity contribution is 5.71. The van der Waals surface area contributed by atoms with Crippen molar-refractivity contribution in [3.8, 4) is 5.75 Å². The average molecular weight is 237 g/mol. The maximum Gasteiger partial charge on any atom is 0.319 e. The van der Waals surface area contributed by atoms with Crippen molar-refractivity contribution in [1.29, 1.82) is 0 Å². The van der Waals surface area contributed by atoms with Gasteiger partial charge in [0.05, 0.1) is 13.7 Å². The zero-order valence-electron chi connectivity index (χ0n) is 10.3. The van der Waals surface area contributed by atoms with E-state index in [-0.39, 0.29) is 18.3 Å². The summed E-state index contributed by atoms with van der Waals surface area (Å²) in [5, 5.41) is 9.68. The third-order valence-electron chi connectivity index (χ3n) is 2.51. The van der Waals surface area contributed by atoms with Crippen LogP contribution in [0, 0.1) is 0 Å². The summed E-state index contributed by atoms with van der Waals surface area (Å²) in [6.45, 7) is 3.65. The highest BCUT2D eigenvalue weighted by atomic mass is 16.5. The number of nitrogens with zero attached hydrogens (tertiary/aromatic N) is 1. The molecule has 0 saturated carbocycles. The molecule has 0 aliphatic carbocycles. The number of ether oxygens (including phenoxy) is 1. The third-order valence-corrected chi connectivity index (χ3v) is 2.51. The summed E-state index contributed by atoms with van der Waals surface area (Å²) in [5.41, 5.74) is 0.824. The summed E-state index contributed by atoms with van der Waals surface area (Å²) in [7, 11) is 1.38. The Morgan fingerprint density at radius 2 is 2.12 bits per heavy atom. The molecule has 0 aliphatic heterocycles. The normalized spacial score (nSPS) is 10.5. The van der Waals surface area contributed by atoms with E-state index >= 15 is 0 Å². The van der Waals surface area contributed by atoms with Crippen LogP contribution in [0.4, 0.5) is 0 Å². The average Bonchev–Trinajstić information content (AvgIpc) is 2.32. The lowest BCUT2D eigenvalue weighted by molar-refractivity contribution is -0.142. The molecule has 94 valence electrons. The molecule has 0 fully saturated rings. The second-order valence-electron chi connectivity index (χ2n) is 3.92. The van der Waals surface area contributed by atoms with Gasteiger partial charge in [0.1, 0.15) is 5.75 Å². The molecule has 4 heteroatoms. The SMILES string of the molecule is CCCN(CC(=O)OC)Cc1ccccc1O. The van der Waals surface area contributed by atoms with Gasteiger partial charge in [-0.3, -0.25) is 9.69 Å². The maximum atomic E-state index is 11.2. The lowest BCUT2D eigenvalue weighted by Crippen LogP contribution is -2.30. The van der Waals surface area contributed by atoms with E-state index in [0.29, 0.717) is 6.54 Å². The number of aromatic hydroxyl groups is 1. The molecule has 1 aromatic rings. The number of phenolic OH excluding ortho intramolecular Hbond substituents is 1. The van der Waals surface area contributed by atoms with Gasteiger partial charge in [0.2, 0.25) is 0 Å². The Balaban J connectivity index is 2.66. The smallest absolute Gasteiger partial charge is 0.319 e. The van der Waals surface area contributed by atoms with Gasteiger partial charge >= 0.3 is 5.97 Å². The zero-order chi connectivity index (χ0) is 12.7. The lowest BCUT2D eigenvalue weighted by atomic mass is 10.2. The number of methoxy groups -OCH3 is 1. The summed E-state index contributed by atoms with van der Waals surface area (Å²) < 4.78 is 4.65. The number of benzene rings is 1. The Bertz CT molecular complexity index is 365. The summed E-state index contributed by atoms with van der Waals surface area (Å²) >= 11 is 0. The van der Waals surface area contributed by atoms with Crippen LogP contribution in [0.3, 0.4) is 0 Å². The van der Waals surface area contributed by atoms with E-state index in [1.54, 1.807) is 12.1 Å². The highest BCUT2D eigenvalue weighted by Gasteiger charge is 2.12. The van der Waals surface area contributed by atoms with E-state index in [9.17, 15) is 9.90 Å². The standard InChI is InChI=1S/C13H19NO3/c1-3-8-14(10-13(16)17-2)9-11-6-4-5-7-12(11)15/h4-7,15H,3,8-10H2,1-2H3. The van der Waals surface area contributed by atoms with Crippen LogP contribution in [0.1, 0.15) is 18.9 Å². The van der Waals surface area contributed by atoms with E-state index in [1.807, 2.05) is 17.0 Å². The van der Waals surface area contributed by atoms with Gasteiger partial charge in [-0.25, -0.2) is 0 Å². The predicted octanol–water partition coefficient (Wildman–Crippen LogP) is 1.78. The number of hydrogen-bond donors (Lipinski definition) is 1. The van der Waals surface area contributed by atoms with E-state index in [2.05, 4.69) is 11.7 Å². The first-order valence-electron chi connectivity index (χ1n) is 5.73. The number of carbonyl (C=O) groups excluding carboxylic acids is 1. The molecule has 1 N–H and O–H groups in total. The molecule has 0 spiro atoms. The van der Waals surface area contributed by atoms with Crippen molar-refractivity contribution in [2.45, 2.75) is 19.9 Å². The zero-order valence-corrected chi connectivity index (χ0v) is 10.3. The van der Waals surface area contributed by atoms with Crippen LogP contribution in [0.15, 0.2) is 24.3 Å². The molecule has 4 nitrogen and oxygen atoms in total. The molecule has 0 atom stereocenters. The van der Waals surface area contributed by atoms with Gasteiger partial charge in [0.25, 0.3) is 0 Å². The van der Waals surface area contributed by atoms with Crippen LogP contribution in [-0.4, -0.2) is 36.2 Å². The summed E-state index contributed by atoms with van der Waals surface area (Å²) in [6.07, 6.45) is 0.949. The van der Waals surface area contributed by atoms with Crippen molar-refractivity contribution in [3.05, 3.63) is 29.8 Å². The third kappa shape index (κ3) is 4.44. The largest absolute Gasteiger partial charge is 0.508 e. The fraction of sp³-hybridized carbons (Fsp3) is 0.462. The number of rotatable bonds is 6. The fourth-order valence-corrected chi connectivity index (χ4v) is 1.66. The second-order valence-corrected chi connectivity index (χ2v) is 3.92.